The summed E-state index contributed by atoms with van der Waals surface area (Å²) >= 11 is 0. The van der Waals surface area contributed by atoms with E-state index in [0.29, 0.717) is 12.8 Å². The highest BCUT2D eigenvalue weighted by Gasteiger charge is 2.52. The molecule has 0 radical (unpaired) electrons. The number of benzene rings is 4. The smallest absolute Gasteiger partial charge is 0.456 e. The van der Waals surface area contributed by atoms with Crippen LogP contribution in [0.1, 0.15) is 44.7 Å². The van der Waals surface area contributed by atoms with Gasteiger partial charge in [0.1, 0.15) is 5.75 Å². The van der Waals surface area contributed by atoms with Gasteiger partial charge in [0.2, 0.25) is 0 Å². The number of sulfone groups is 1. The van der Waals surface area contributed by atoms with Gasteiger partial charge >= 0.3 is 7.12 Å². The number of fused-ring (bicyclic) bond motifs is 1. The quantitative estimate of drug-likeness (QED) is 0.117. The van der Waals surface area contributed by atoms with Gasteiger partial charge in [-0.05, 0) is 68.2 Å². The molecule has 2 aliphatic rings. The highest BCUT2D eigenvalue weighted by molar-refractivity contribution is 7.92. The molecule has 0 spiro atoms. The summed E-state index contributed by atoms with van der Waals surface area (Å²) in [5.41, 5.74) is 4.38. The van der Waals surface area contributed by atoms with Crippen LogP contribution in [0.25, 0.3) is 11.6 Å². The fourth-order valence-electron chi connectivity index (χ4n) is 7.42. The average Bonchev–Trinajstić information content (AvgIpc) is 3.33. The fraction of sp³-hybridized carbons (Fsp3) is 0.282. The molecule has 2 atom stereocenters. The van der Waals surface area contributed by atoms with Gasteiger partial charge in [-0.2, -0.15) is 0 Å². The Labute approximate surface area is 286 Å². The zero-order valence-corrected chi connectivity index (χ0v) is 29.6. The molecule has 2 heterocycles. The van der Waals surface area contributed by atoms with E-state index in [-0.39, 0.29) is 29.5 Å². The molecule has 248 valence electrons. The van der Waals surface area contributed by atoms with E-state index in [1.54, 1.807) is 18.2 Å². The SMILES string of the molecule is CC(C)(C)[Si](OCC1=C2[C@@H](CC/C(=C/c3cccc(O)c3)c3ccccc3)OB(O)C[C@@H]2S(=O)(=O)C1)(c1ccccc1)c1ccccc1. The Morgan fingerprint density at radius 3 is 2.10 bits per heavy atom. The molecule has 1 fully saturated rings. The molecule has 0 saturated carbocycles. The monoisotopic (exact) mass is 678 g/mol. The first-order valence-corrected chi connectivity index (χ1v) is 20.2. The normalized spacial score (nSPS) is 19.8. The van der Waals surface area contributed by atoms with Crippen molar-refractivity contribution in [3.63, 3.8) is 0 Å². The van der Waals surface area contributed by atoms with Crippen molar-refractivity contribution < 1.29 is 27.6 Å². The standard InChI is InChI=1S/C39H43BO6SSi/c1-39(2,3)48(34-18-9-5-10-19-34,35-20-11-6-12-21-35)45-27-32-28-47(43,44)37-26-40(42)46-36(38(32)37)23-22-31(30-15-7-4-8-16-30)24-29-14-13-17-33(41)25-29/h4-21,24-25,36-37,41-42H,22-23,26-28H2,1-3H3/b31-24-/t36-,37+/m1/s1. The summed E-state index contributed by atoms with van der Waals surface area (Å²) in [6.45, 7) is 6.78. The second kappa shape index (κ2) is 14.0. The molecule has 0 amide bonds. The van der Waals surface area contributed by atoms with Crippen molar-refractivity contribution in [1.29, 1.82) is 0 Å². The molecule has 48 heavy (non-hydrogen) atoms. The number of phenols is 1. The van der Waals surface area contributed by atoms with E-state index >= 15 is 0 Å². The Balaban J connectivity index is 1.37. The predicted molar refractivity (Wildman–Crippen MR) is 197 cm³/mol. The maximum atomic E-state index is 13.7. The molecule has 9 heteroatoms. The molecule has 6 rings (SSSR count). The Morgan fingerprint density at radius 1 is 0.917 bits per heavy atom. The van der Waals surface area contributed by atoms with Crippen LogP contribution in [0.2, 0.25) is 11.4 Å². The van der Waals surface area contributed by atoms with Gasteiger partial charge < -0.3 is 19.2 Å². The Kier molecular flexibility index (Phi) is 9.97. The van der Waals surface area contributed by atoms with E-state index in [1.807, 2.05) is 78.9 Å². The van der Waals surface area contributed by atoms with Crippen LogP contribution in [0.3, 0.4) is 0 Å². The first-order chi connectivity index (χ1) is 23.0. The van der Waals surface area contributed by atoms with Crippen molar-refractivity contribution in [2.24, 2.45) is 0 Å². The molecule has 0 aliphatic carbocycles. The topological polar surface area (TPSA) is 93.1 Å². The first-order valence-electron chi connectivity index (χ1n) is 16.5. The number of phenolic OH excluding ortho intramolecular Hbond substituents is 1. The average molecular weight is 679 g/mol. The predicted octanol–water partition coefficient (Wildman–Crippen LogP) is 6.26. The third-order valence-electron chi connectivity index (χ3n) is 9.56. The lowest BCUT2D eigenvalue weighted by atomic mass is 9.74. The minimum atomic E-state index is -3.56. The van der Waals surface area contributed by atoms with Crippen LogP contribution in [0.5, 0.6) is 5.75 Å². The lowest BCUT2D eigenvalue weighted by molar-refractivity contribution is 0.170. The van der Waals surface area contributed by atoms with Crippen molar-refractivity contribution in [3.05, 3.63) is 138 Å². The summed E-state index contributed by atoms with van der Waals surface area (Å²) in [6, 6.07) is 37.8. The molecule has 1 saturated heterocycles. The van der Waals surface area contributed by atoms with E-state index in [4.69, 9.17) is 9.08 Å². The summed E-state index contributed by atoms with van der Waals surface area (Å²) in [7, 11) is -7.67. The molecule has 0 unspecified atom stereocenters. The second-order valence-electron chi connectivity index (χ2n) is 13.8. The molecular weight excluding hydrogens is 635 g/mol. The van der Waals surface area contributed by atoms with Crippen LogP contribution < -0.4 is 10.4 Å². The van der Waals surface area contributed by atoms with Gasteiger partial charge in [-0.3, -0.25) is 0 Å². The van der Waals surface area contributed by atoms with Gasteiger partial charge in [0.15, 0.2) is 9.84 Å². The minimum absolute atomic E-state index is 0.0154. The molecule has 4 aromatic rings. The van der Waals surface area contributed by atoms with Crippen molar-refractivity contribution in [3.8, 4) is 5.75 Å². The largest absolute Gasteiger partial charge is 0.508 e. The molecule has 0 aromatic heterocycles. The van der Waals surface area contributed by atoms with Crippen LogP contribution in [0.4, 0.5) is 0 Å². The van der Waals surface area contributed by atoms with E-state index in [0.717, 1.165) is 38.2 Å². The van der Waals surface area contributed by atoms with Gasteiger partial charge in [0, 0.05) is 6.32 Å². The molecular formula is C39H43BO6SSi. The number of hydrogen-bond acceptors (Lipinski definition) is 6. The van der Waals surface area contributed by atoms with E-state index in [1.165, 1.54) is 0 Å². The minimum Gasteiger partial charge on any atom is -0.508 e. The molecule has 4 aromatic carbocycles. The Morgan fingerprint density at radius 2 is 1.52 bits per heavy atom. The van der Waals surface area contributed by atoms with Gasteiger partial charge in [0.25, 0.3) is 8.32 Å². The maximum absolute atomic E-state index is 13.7. The van der Waals surface area contributed by atoms with Gasteiger partial charge in [-0.15, -0.1) is 0 Å². The van der Waals surface area contributed by atoms with Crippen molar-refractivity contribution in [2.45, 2.75) is 56.3 Å². The van der Waals surface area contributed by atoms with Gasteiger partial charge in [0.05, 0.1) is 23.7 Å². The molecule has 2 N–H and O–H groups in total. The van der Waals surface area contributed by atoms with E-state index in [9.17, 15) is 18.5 Å². The lowest BCUT2D eigenvalue weighted by Crippen LogP contribution is -2.66. The third kappa shape index (κ3) is 7.02. The number of allylic oxidation sites excluding steroid dienone is 1. The highest BCUT2D eigenvalue weighted by Crippen LogP contribution is 2.42. The molecule has 0 bridgehead atoms. The number of aromatic hydroxyl groups is 1. The van der Waals surface area contributed by atoms with Crippen LogP contribution in [-0.2, 0) is 18.9 Å². The van der Waals surface area contributed by atoms with Crippen molar-refractivity contribution in [2.75, 3.05) is 12.4 Å². The van der Waals surface area contributed by atoms with Gasteiger partial charge in [-0.25, -0.2) is 8.42 Å². The summed E-state index contributed by atoms with van der Waals surface area (Å²) in [4.78, 5) is 0. The molecule has 2 aliphatic heterocycles. The third-order valence-corrected chi connectivity index (χ3v) is 16.6. The van der Waals surface area contributed by atoms with Crippen LogP contribution in [-0.4, -0.2) is 57.7 Å². The van der Waals surface area contributed by atoms with Crippen molar-refractivity contribution >= 4 is 47.3 Å². The van der Waals surface area contributed by atoms with Crippen LogP contribution in [0, 0.1) is 0 Å². The van der Waals surface area contributed by atoms with Crippen LogP contribution in [0.15, 0.2) is 126 Å². The fourth-order valence-corrected chi connectivity index (χ4v) is 14.1. The summed E-state index contributed by atoms with van der Waals surface area (Å²) in [5.74, 6) is 0.0761. The zero-order valence-electron chi connectivity index (χ0n) is 27.8. The van der Waals surface area contributed by atoms with Crippen molar-refractivity contribution in [1.82, 2.24) is 0 Å². The van der Waals surface area contributed by atoms with E-state index in [2.05, 4.69) is 45.0 Å². The zero-order chi connectivity index (χ0) is 33.9. The Bertz CT molecular complexity index is 1850. The lowest BCUT2D eigenvalue weighted by Gasteiger charge is -2.43. The first kappa shape index (κ1) is 34.1. The van der Waals surface area contributed by atoms with Gasteiger partial charge in [-0.1, -0.05) is 130 Å². The van der Waals surface area contributed by atoms with Crippen LogP contribution >= 0.6 is 0 Å². The second-order valence-corrected chi connectivity index (χ2v) is 20.3. The maximum Gasteiger partial charge on any atom is 0.456 e. The summed E-state index contributed by atoms with van der Waals surface area (Å²) in [6.07, 6.45) is 2.50. The summed E-state index contributed by atoms with van der Waals surface area (Å²) in [5, 5.41) is 22.1. The molecule has 6 nitrogen and oxygen atoms in total. The number of rotatable bonds is 10. The Hall–Kier alpha value is -3.73. The highest BCUT2D eigenvalue weighted by atomic mass is 32.2. The summed E-state index contributed by atoms with van der Waals surface area (Å²) < 4.78 is 40.8. The number of hydrogen-bond donors (Lipinski definition) is 2. The van der Waals surface area contributed by atoms with E-state index < -0.39 is 36.6 Å².